The average Bonchev–Trinajstić information content (AvgIpc) is 3.15. The molecule has 0 fully saturated rings. The van der Waals surface area contributed by atoms with Gasteiger partial charge in [0.25, 0.3) is 0 Å². The number of benzene rings is 2. The number of hydrogen-bond acceptors (Lipinski definition) is 3. The number of fused-ring (bicyclic) bond motifs is 3. The topological polar surface area (TPSA) is 27.7 Å². The second-order valence-corrected chi connectivity index (χ2v) is 8.11. The molecule has 0 aliphatic heterocycles. The Labute approximate surface area is 182 Å². The molecule has 0 unspecified atom stereocenters. The fraction of sp³-hybridized carbons (Fsp3) is 0.556. The van der Waals surface area contributed by atoms with E-state index in [0.717, 1.165) is 68.6 Å². The van der Waals surface area contributed by atoms with E-state index in [0.29, 0.717) is 19.8 Å². The van der Waals surface area contributed by atoms with Crippen LogP contribution in [0.25, 0.3) is 11.1 Å². The predicted molar refractivity (Wildman–Crippen MR) is 125 cm³/mol. The third-order valence-electron chi connectivity index (χ3n) is 5.80. The highest BCUT2D eigenvalue weighted by atomic mass is 16.5. The summed E-state index contributed by atoms with van der Waals surface area (Å²) in [6.45, 7) is 10.9. The van der Waals surface area contributed by atoms with Crippen molar-refractivity contribution in [3.63, 3.8) is 0 Å². The molecular weight excluding hydrogens is 372 g/mol. The quantitative estimate of drug-likeness (QED) is 0.276. The molecule has 2 aromatic carbocycles. The van der Waals surface area contributed by atoms with Crippen LogP contribution in [0.4, 0.5) is 0 Å². The molecule has 0 aromatic heterocycles. The van der Waals surface area contributed by atoms with E-state index in [-0.39, 0.29) is 0 Å². The van der Waals surface area contributed by atoms with Crippen molar-refractivity contribution in [1.29, 1.82) is 0 Å². The van der Waals surface area contributed by atoms with Crippen LogP contribution in [0.1, 0.15) is 82.9 Å². The van der Waals surface area contributed by atoms with Gasteiger partial charge in [-0.2, -0.15) is 0 Å². The Balaban J connectivity index is 2.15. The standard InChI is InChI=1S/C27H38O3/c1-5-9-16-28-25-21(8-4)24-22-15-13-12-14-20(22)19-23(24)26(29-17-10-6-2)27(25)30-18-11-7-3/h12-15H,5-11,16-19H2,1-4H3. The van der Waals surface area contributed by atoms with Gasteiger partial charge in [0.1, 0.15) is 0 Å². The van der Waals surface area contributed by atoms with Crippen molar-refractivity contribution < 1.29 is 14.2 Å². The molecule has 0 N–H and O–H groups in total. The van der Waals surface area contributed by atoms with Crippen molar-refractivity contribution in [1.82, 2.24) is 0 Å². The Morgan fingerprint density at radius 3 is 1.87 bits per heavy atom. The van der Waals surface area contributed by atoms with Crippen molar-refractivity contribution >= 4 is 0 Å². The van der Waals surface area contributed by atoms with Crippen LogP contribution in [0.5, 0.6) is 17.2 Å². The fourth-order valence-electron chi connectivity index (χ4n) is 4.12. The Hall–Kier alpha value is -2.16. The van der Waals surface area contributed by atoms with E-state index >= 15 is 0 Å². The molecule has 0 spiro atoms. The summed E-state index contributed by atoms with van der Waals surface area (Å²) in [5.41, 5.74) is 6.55. The van der Waals surface area contributed by atoms with Gasteiger partial charge in [-0.15, -0.1) is 0 Å². The summed E-state index contributed by atoms with van der Waals surface area (Å²) in [7, 11) is 0. The van der Waals surface area contributed by atoms with Gasteiger partial charge >= 0.3 is 0 Å². The van der Waals surface area contributed by atoms with Crippen LogP contribution < -0.4 is 14.2 Å². The zero-order valence-corrected chi connectivity index (χ0v) is 19.3. The third kappa shape index (κ3) is 4.77. The third-order valence-corrected chi connectivity index (χ3v) is 5.80. The van der Waals surface area contributed by atoms with E-state index in [2.05, 4.69) is 52.0 Å². The molecule has 164 valence electrons. The Morgan fingerprint density at radius 2 is 1.27 bits per heavy atom. The first-order valence-electron chi connectivity index (χ1n) is 11.9. The van der Waals surface area contributed by atoms with E-state index < -0.39 is 0 Å². The van der Waals surface area contributed by atoms with Gasteiger partial charge in [-0.25, -0.2) is 0 Å². The Bertz CT molecular complexity index is 825. The van der Waals surface area contributed by atoms with Gasteiger partial charge in [0.15, 0.2) is 11.5 Å². The van der Waals surface area contributed by atoms with Gasteiger partial charge in [0.2, 0.25) is 5.75 Å². The summed E-state index contributed by atoms with van der Waals surface area (Å²) in [6, 6.07) is 8.74. The lowest BCUT2D eigenvalue weighted by atomic mass is 9.95. The van der Waals surface area contributed by atoms with Gasteiger partial charge < -0.3 is 14.2 Å². The lowest BCUT2D eigenvalue weighted by Gasteiger charge is -2.24. The summed E-state index contributed by atoms with van der Waals surface area (Å²) in [4.78, 5) is 0. The van der Waals surface area contributed by atoms with E-state index in [1.54, 1.807) is 0 Å². The first-order valence-corrected chi connectivity index (χ1v) is 11.9. The molecule has 0 heterocycles. The summed E-state index contributed by atoms with van der Waals surface area (Å²) in [5.74, 6) is 2.65. The summed E-state index contributed by atoms with van der Waals surface area (Å²) >= 11 is 0. The Morgan fingerprint density at radius 1 is 0.700 bits per heavy atom. The molecule has 30 heavy (non-hydrogen) atoms. The molecule has 0 saturated heterocycles. The van der Waals surface area contributed by atoms with Crippen molar-refractivity contribution in [3.8, 4) is 28.4 Å². The number of unbranched alkanes of at least 4 members (excludes halogenated alkanes) is 3. The molecule has 1 aliphatic carbocycles. The maximum atomic E-state index is 6.42. The molecule has 1 aliphatic rings. The lowest BCUT2D eigenvalue weighted by molar-refractivity contribution is 0.235. The molecule has 0 radical (unpaired) electrons. The highest BCUT2D eigenvalue weighted by Gasteiger charge is 2.32. The molecule has 0 atom stereocenters. The zero-order valence-electron chi connectivity index (χ0n) is 19.3. The minimum Gasteiger partial charge on any atom is -0.489 e. The molecule has 0 saturated carbocycles. The van der Waals surface area contributed by atoms with Crippen LogP contribution in [0, 0.1) is 0 Å². The lowest BCUT2D eigenvalue weighted by Crippen LogP contribution is -2.10. The van der Waals surface area contributed by atoms with E-state index in [9.17, 15) is 0 Å². The van der Waals surface area contributed by atoms with Crippen molar-refractivity contribution in [3.05, 3.63) is 41.0 Å². The van der Waals surface area contributed by atoms with E-state index in [4.69, 9.17) is 14.2 Å². The van der Waals surface area contributed by atoms with Crippen molar-refractivity contribution in [2.24, 2.45) is 0 Å². The van der Waals surface area contributed by atoms with Crippen LogP contribution in [-0.4, -0.2) is 19.8 Å². The SMILES string of the molecule is CCCCOc1c(CC)c2c(c(OCCCC)c1OCCCC)Cc1ccccc1-2. The smallest absolute Gasteiger partial charge is 0.204 e. The molecule has 3 heteroatoms. The molecule has 2 aromatic rings. The molecule has 0 bridgehead atoms. The second kappa shape index (κ2) is 11.3. The highest BCUT2D eigenvalue weighted by Crippen LogP contribution is 2.53. The van der Waals surface area contributed by atoms with E-state index in [1.807, 2.05) is 0 Å². The number of rotatable bonds is 13. The maximum Gasteiger partial charge on any atom is 0.204 e. The normalized spacial score (nSPS) is 11.9. The Kier molecular flexibility index (Phi) is 8.48. The van der Waals surface area contributed by atoms with Crippen molar-refractivity contribution in [2.45, 2.75) is 79.1 Å². The van der Waals surface area contributed by atoms with Crippen LogP contribution in [0.3, 0.4) is 0 Å². The van der Waals surface area contributed by atoms with Gasteiger partial charge in [-0.3, -0.25) is 0 Å². The fourth-order valence-corrected chi connectivity index (χ4v) is 4.12. The summed E-state index contributed by atoms with van der Waals surface area (Å²) < 4.78 is 19.2. The number of ether oxygens (including phenoxy) is 3. The highest BCUT2D eigenvalue weighted by molar-refractivity contribution is 5.86. The molecule has 0 amide bonds. The first kappa shape index (κ1) is 22.5. The molecular formula is C27H38O3. The largest absolute Gasteiger partial charge is 0.489 e. The number of hydrogen-bond donors (Lipinski definition) is 0. The van der Waals surface area contributed by atoms with Gasteiger partial charge in [0.05, 0.1) is 19.8 Å². The van der Waals surface area contributed by atoms with Gasteiger partial charge in [0, 0.05) is 17.5 Å². The van der Waals surface area contributed by atoms with E-state index in [1.165, 1.54) is 27.8 Å². The van der Waals surface area contributed by atoms with Crippen LogP contribution in [0.2, 0.25) is 0 Å². The first-order chi connectivity index (χ1) is 14.8. The second-order valence-electron chi connectivity index (χ2n) is 8.11. The molecule has 3 rings (SSSR count). The zero-order chi connectivity index (χ0) is 21.3. The van der Waals surface area contributed by atoms with Crippen molar-refractivity contribution in [2.75, 3.05) is 19.8 Å². The maximum absolute atomic E-state index is 6.42. The van der Waals surface area contributed by atoms with Gasteiger partial charge in [-0.05, 0) is 42.4 Å². The minimum atomic E-state index is 0.694. The summed E-state index contributed by atoms with van der Waals surface area (Å²) in [5, 5.41) is 0. The summed E-state index contributed by atoms with van der Waals surface area (Å²) in [6.07, 6.45) is 8.25. The minimum absolute atomic E-state index is 0.694. The van der Waals surface area contributed by atoms with Crippen LogP contribution in [-0.2, 0) is 12.8 Å². The average molecular weight is 411 g/mol. The van der Waals surface area contributed by atoms with Gasteiger partial charge in [-0.1, -0.05) is 71.2 Å². The van der Waals surface area contributed by atoms with Crippen LogP contribution in [0.15, 0.2) is 24.3 Å². The van der Waals surface area contributed by atoms with Crippen LogP contribution >= 0.6 is 0 Å². The molecule has 3 nitrogen and oxygen atoms in total. The predicted octanol–water partition coefficient (Wildman–Crippen LogP) is 7.36. The monoisotopic (exact) mass is 410 g/mol.